The number of carbonyl (C=O) groups excluding carboxylic acids is 3. The van der Waals surface area contributed by atoms with E-state index in [1.54, 1.807) is 16.7 Å². The first-order chi connectivity index (χ1) is 13.2. The van der Waals surface area contributed by atoms with Gasteiger partial charge in [-0.3, -0.25) is 4.79 Å². The van der Waals surface area contributed by atoms with Gasteiger partial charge in [0.25, 0.3) is 0 Å². The number of piperidine rings is 2. The topological polar surface area (TPSA) is 76.2 Å². The summed E-state index contributed by atoms with van der Waals surface area (Å²) >= 11 is 0. The van der Waals surface area contributed by atoms with E-state index < -0.39 is 11.6 Å². The standard InChI is InChI=1S/C21H36N2O5/c1-5-27-19(25)17(23-13-7-6-8-18(23)24)10-9-16-11-14-22(15-12-16)20(26)28-21(2,3)4/h16-17H,5-15H2,1-4H3. The van der Waals surface area contributed by atoms with E-state index in [1.165, 1.54) is 0 Å². The predicted molar refractivity (Wildman–Crippen MR) is 106 cm³/mol. The average Bonchev–Trinajstić information content (AvgIpc) is 2.62. The number of hydrogen-bond donors (Lipinski definition) is 0. The molecule has 2 amide bonds. The van der Waals surface area contributed by atoms with Crippen molar-refractivity contribution in [3.63, 3.8) is 0 Å². The molecule has 7 heteroatoms. The minimum Gasteiger partial charge on any atom is -0.464 e. The van der Waals surface area contributed by atoms with Gasteiger partial charge in [-0.1, -0.05) is 0 Å². The number of rotatable bonds is 6. The zero-order chi connectivity index (χ0) is 20.7. The predicted octanol–water partition coefficient (Wildman–Crippen LogP) is 3.36. The normalized spacial score (nSPS) is 20.1. The molecular formula is C21H36N2O5. The number of nitrogens with zero attached hydrogens (tertiary/aromatic N) is 2. The van der Waals surface area contributed by atoms with Gasteiger partial charge in [-0.25, -0.2) is 9.59 Å². The van der Waals surface area contributed by atoms with Crippen LogP contribution in [-0.4, -0.2) is 65.7 Å². The first-order valence-electron chi connectivity index (χ1n) is 10.6. The zero-order valence-electron chi connectivity index (χ0n) is 17.9. The molecule has 0 N–H and O–H groups in total. The first-order valence-corrected chi connectivity index (χ1v) is 10.6. The monoisotopic (exact) mass is 396 g/mol. The van der Waals surface area contributed by atoms with Crippen molar-refractivity contribution in [3.8, 4) is 0 Å². The van der Waals surface area contributed by atoms with Crippen molar-refractivity contribution in [3.05, 3.63) is 0 Å². The number of hydrogen-bond acceptors (Lipinski definition) is 5. The Kier molecular flexibility index (Phi) is 8.13. The van der Waals surface area contributed by atoms with Crippen molar-refractivity contribution in [2.75, 3.05) is 26.2 Å². The molecule has 160 valence electrons. The Hall–Kier alpha value is -1.79. The molecule has 0 saturated carbocycles. The quantitative estimate of drug-likeness (QED) is 0.644. The van der Waals surface area contributed by atoms with Gasteiger partial charge in [-0.15, -0.1) is 0 Å². The van der Waals surface area contributed by atoms with Crippen LogP contribution in [-0.2, 0) is 19.1 Å². The SMILES string of the molecule is CCOC(=O)C(CCC1CCN(C(=O)OC(C)(C)C)CC1)N1CCCCC1=O. The lowest BCUT2D eigenvalue weighted by Gasteiger charge is -2.36. The largest absolute Gasteiger partial charge is 0.464 e. The van der Waals surface area contributed by atoms with Gasteiger partial charge in [0, 0.05) is 26.1 Å². The lowest BCUT2D eigenvalue weighted by atomic mass is 9.90. The van der Waals surface area contributed by atoms with Crippen LogP contribution in [0.25, 0.3) is 0 Å². The molecule has 1 atom stereocenters. The van der Waals surface area contributed by atoms with E-state index >= 15 is 0 Å². The van der Waals surface area contributed by atoms with E-state index in [9.17, 15) is 14.4 Å². The Morgan fingerprint density at radius 1 is 1.14 bits per heavy atom. The molecule has 1 unspecified atom stereocenters. The van der Waals surface area contributed by atoms with E-state index in [-0.39, 0.29) is 18.0 Å². The minimum absolute atomic E-state index is 0.0593. The Morgan fingerprint density at radius 3 is 2.39 bits per heavy atom. The smallest absolute Gasteiger partial charge is 0.410 e. The Morgan fingerprint density at radius 2 is 1.82 bits per heavy atom. The van der Waals surface area contributed by atoms with Crippen molar-refractivity contribution in [2.24, 2.45) is 5.92 Å². The highest BCUT2D eigenvalue weighted by atomic mass is 16.6. The van der Waals surface area contributed by atoms with Gasteiger partial charge in [-0.2, -0.15) is 0 Å². The molecule has 0 bridgehead atoms. The van der Waals surface area contributed by atoms with E-state index in [2.05, 4.69) is 0 Å². The highest BCUT2D eigenvalue weighted by Crippen LogP contribution is 2.26. The van der Waals surface area contributed by atoms with Gasteiger partial charge >= 0.3 is 12.1 Å². The molecule has 2 saturated heterocycles. The fourth-order valence-corrected chi connectivity index (χ4v) is 3.92. The minimum atomic E-state index is -0.484. The maximum absolute atomic E-state index is 12.4. The summed E-state index contributed by atoms with van der Waals surface area (Å²) in [4.78, 5) is 40.4. The molecule has 2 heterocycles. The molecule has 0 aromatic carbocycles. The molecule has 2 aliphatic heterocycles. The van der Waals surface area contributed by atoms with Crippen LogP contribution in [0.5, 0.6) is 0 Å². The second-order valence-corrected chi connectivity index (χ2v) is 8.80. The van der Waals surface area contributed by atoms with E-state index in [0.717, 1.165) is 32.1 Å². The van der Waals surface area contributed by atoms with Gasteiger partial charge < -0.3 is 19.3 Å². The molecule has 7 nitrogen and oxygen atoms in total. The van der Waals surface area contributed by atoms with Crippen LogP contribution >= 0.6 is 0 Å². The van der Waals surface area contributed by atoms with Crippen LogP contribution in [0.1, 0.15) is 72.6 Å². The highest BCUT2D eigenvalue weighted by Gasteiger charge is 2.33. The van der Waals surface area contributed by atoms with Gasteiger partial charge in [0.2, 0.25) is 5.91 Å². The van der Waals surface area contributed by atoms with Crippen molar-refractivity contribution >= 4 is 18.0 Å². The molecule has 0 aliphatic carbocycles. The van der Waals surface area contributed by atoms with E-state index in [4.69, 9.17) is 9.47 Å². The van der Waals surface area contributed by atoms with Crippen molar-refractivity contribution in [1.29, 1.82) is 0 Å². The van der Waals surface area contributed by atoms with Crippen LogP contribution in [0, 0.1) is 5.92 Å². The number of esters is 1. The lowest BCUT2D eigenvalue weighted by Crippen LogP contribution is -2.48. The summed E-state index contributed by atoms with van der Waals surface area (Å²) in [7, 11) is 0. The van der Waals surface area contributed by atoms with Crippen molar-refractivity contribution < 1.29 is 23.9 Å². The lowest BCUT2D eigenvalue weighted by molar-refractivity contribution is -0.156. The summed E-state index contributed by atoms with van der Waals surface area (Å²) in [6, 6.07) is -0.475. The summed E-state index contributed by atoms with van der Waals surface area (Å²) in [5, 5.41) is 0. The fourth-order valence-electron chi connectivity index (χ4n) is 3.92. The summed E-state index contributed by atoms with van der Waals surface area (Å²) < 4.78 is 10.7. The zero-order valence-corrected chi connectivity index (χ0v) is 17.9. The summed E-state index contributed by atoms with van der Waals surface area (Å²) in [6.07, 6.45) is 5.37. The molecule has 2 aliphatic rings. The number of carbonyl (C=O) groups is 3. The summed E-state index contributed by atoms with van der Waals surface area (Å²) in [6.45, 7) is 9.71. The van der Waals surface area contributed by atoms with Crippen LogP contribution in [0.3, 0.4) is 0 Å². The molecule has 0 spiro atoms. The Bertz CT molecular complexity index is 549. The van der Waals surface area contributed by atoms with Gasteiger partial charge in [0.05, 0.1) is 6.61 Å². The van der Waals surface area contributed by atoms with Crippen LogP contribution in [0.15, 0.2) is 0 Å². The summed E-state index contributed by atoms with van der Waals surface area (Å²) in [5.41, 5.74) is -0.484. The molecular weight excluding hydrogens is 360 g/mol. The van der Waals surface area contributed by atoms with Gasteiger partial charge in [0.15, 0.2) is 0 Å². The van der Waals surface area contributed by atoms with E-state index in [1.807, 2.05) is 20.8 Å². The maximum Gasteiger partial charge on any atom is 0.410 e. The molecule has 0 radical (unpaired) electrons. The van der Waals surface area contributed by atoms with E-state index in [0.29, 0.717) is 45.0 Å². The molecule has 0 aromatic heterocycles. The Labute approximate surface area is 168 Å². The second kappa shape index (κ2) is 10.1. The highest BCUT2D eigenvalue weighted by molar-refractivity contribution is 5.85. The fraction of sp³-hybridized carbons (Fsp3) is 0.857. The van der Waals surface area contributed by atoms with Crippen molar-refractivity contribution in [2.45, 2.75) is 84.3 Å². The van der Waals surface area contributed by atoms with Crippen LogP contribution < -0.4 is 0 Å². The third-order valence-corrected chi connectivity index (χ3v) is 5.41. The molecule has 28 heavy (non-hydrogen) atoms. The summed E-state index contributed by atoms with van der Waals surface area (Å²) in [5.74, 6) is 0.212. The van der Waals surface area contributed by atoms with Gasteiger partial charge in [-0.05, 0) is 72.1 Å². The third kappa shape index (κ3) is 6.67. The maximum atomic E-state index is 12.4. The average molecular weight is 397 g/mol. The first kappa shape index (κ1) is 22.5. The number of likely N-dealkylation sites (tertiary alicyclic amines) is 2. The number of ether oxygens (including phenoxy) is 2. The molecule has 2 fully saturated rings. The molecule has 2 rings (SSSR count). The third-order valence-electron chi connectivity index (χ3n) is 5.41. The van der Waals surface area contributed by atoms with Crippen LogP contribution in [0.4, 0.5) is 4.79 Å². The second-order valence-electron chi connectivity index (χ2n) is 8.80. The van der Waals surface area contributed by atoms with Crippen LogP contribution in [0.2, 0.25) is 0 Å². The van der Waals surface area contributed by atoms with Gasteiger partial charge in [0.1, 0.15) is 11.6 Å². The molecule has 0 aromatic rings. The number of amides is 2. The van der Waals surface area contributed by atoms with Crippen molar-refractivity contribution in [1.82, 2.24) is 9.80 Å². The Balaban J connectivity index is 1.85.